The van der Waals surface area contributed by atoms with Crippen LogP contribution in [0.25, 0.3) is 10.9 Å². The zero-order chi connectivity index (χ0) is 16.9. The minimum absolute atomic E-state index is 0.0221. The van der Waals surface area contributed by atoms with Crippen molar-refractivity contribution >= 4 is 16.8 Å². The molecule has 1 heterocycles. The molecule has 3 rings (SSSR count). The van der Waals surface area contributed by atoms with Gasteiger partial charge in [0.25, 0.3) is 0 Å². The van der Waals surface area contributed by atoms with Crippen LogP contribution in [0.3, 0.4) is 0 Å². The smallest absolute Gasteiger partial charge is 0.225 e. The lowest BCUT2D eigenvalue weighted by Gasteiger charge is -2.20. The molecule has 0 fully saturated rings. The number of nitrogens with one attached hydrogen (secondary N) is 3. The number of aromatic nitrogens is 1. The van der Waals surface area contributed by atoms with Crippen LogP contribution in [0.1, 0.15) is 17.2 Å². The van der Waals surface area contributed by atoms with Crippen molar-refractivity contribution in [3.05, 3.63) is 71.9 Å². The van der Waals surface area contributed by atoms with Crippen LogP contribution in [0.15, 0.2) is 60.8 Å². The van der Waals surface area contributed by atoms with Crippen LogP contribution >= 0.6 is 0 Å². The molecule has 0 radical (unpaired) electrons. The third kappa shape index (κ3) is 3.84. The van der Waals surface area contributed by atoms with Crippen molar-refractivity contribution in [3.63, 3.8) is 0 Å². The summed E-state index contributed by atoms with van der Waals surface area (Å²) in [5.74, 6) is 0.0508. The number of amides is 1. The highest BCUT2D eigenvalue weighted by molar-refractivity contribution is 5.88. The van der Waals surface area contributed by atoms with Gasteiger partial charge in [-0.15, -0.1) is 0 Å². The Hall–Kier alpha value is -2.59. The van der Waals surface area contributed by atoms with Gasteiger partial charge in [0.05, 0.1) is 20.5 Å². The van der Waals surface area contributed by atoms with Crippen molar-refractivity contribution < 1.29 is 9.69 Å². The fraction of sp³-hybridized carbons (Fsp3) is 0.250. The molecule has 0 saturated heterocycles. The zero-order valence-corrected chi connectivity index (χ0v) is 14.2. The SMILES string of the molecule is C[NH+](C)C[C@H](NC(=O)Cc1c[nH]c2ccccc12)c1ccccc1. The van der Waals surface area contributed by atoms with E-state index in [0.717, 1.165) is 28.6 Å². The van der Waals surface area contributed by atoms with Gasteiger partial charge in [-0.25, -0.2) is 0 Å². The van der Waals surface area contributed by atoms with Gasteiger partial charge in [-0.05, 0) is 17.2 Å². The molecule has 1 atom stereocenters. The van der Waals surface area contributed by atoms with Crippen molar-refractivity contribution in [2.75, 3.05) is 20.6 Å². The number of hydrogen-bond donors (Lipinski definition) is 3. The number of likely N-dealkylation sites (N-methyl/N-ethyl adjacent to an activating group) is 1. The van der Waals surface area contributed by atoms with E-state index in [1.807, 2.05) is 48.7 Å². The first-order chi connectivity index (χ1) is 11.6. The lowest BCUT2D eigenvalue weighted by molar-refractivity contribution is -0.860. The molecule has 3 N–H and O–H groups in total. The molecule has 1 amide bonds. The summed E-state index contributed by atoms with van der Waals surface area (Å²) in [4.78, 5) is 17.1. The molecule has 124 valence electrons. The normalized spacial score (nSPS) is 12.5. The summed E-state index contributed by atoms with van der Waals surface area (Å²) < 4.78 is 0. The van der Waals surface area contributed by atoms with Crippen LogP contribution in [-0.4, -0.2) is 31.5 Å². The number of H-pyrrole nitrogens is 1. The largest absolute Gasteiger partial charge is 0.361 e. The fourth-order valence-corrected chi connectivity index (χ4v) is 3.04. The molecule has 24 heavy (non-hydrogen) atoms. The predicted octanol–water partition coefficient (Wildman–Crippen LogP) is 1.71. The maximum atomic E-state index is 12.6. The summed E-state index contributed by atoms with van der Waals surface area (Å²) in [7, 11) is 4.20. The van der Waals surface area contributed by atoms with Gasteiger partial charge in [0.1, 0.15) is 12.6 Å². The molecule has 1 aromatic heterocycles. The van der Waals surface area contributed by atoms with Gasteiger partial charge in [-0.1, -0.05) is 48.5 Å². The Morgan fingerprint density at radius 3 is 2.54 bits per heavy atom. The van der Waals surface area contributed by atoms with Gasteiger partial charge < -0.3 is 15.2 Å². The van der Waals surface area contributed by atoms with Crippen molar-refractivity contribution in [2.24, 2.45) is 0 Å². The van der Waals surface area contributed by atoms with E-state index >= 15 is 0 Å². The zero-order valence-electron chi connectivity index (χ0n) is 14.2. The molecule has 0 saturated carbocycles. The van der Waals surface area contributed by atoms with Crippen LogP contribution in [0.4, 0.5) is 0 Å². The monoisotopic (exact) mass is 322 g/mol. The number of para-hydroxylation sites is 1. The summed E-state index contributed by atoms with van der Waals surface area (Å²) in [5.41, 5.74) is 3.25. The Morgan fingerprint density at radius 2 is 1.79 bits per heavy atom. The molecule has 0 unspecified atom stereocenters. The molecule has 3 aromatic rings. The first kappa shape index (κ1) is 16.3. The summed E-state index contributed by atoms with van der Waals surface area (Å²) in [5, 5.41) is 4.31. The van der Waals surface area contributed by atoms with Crippen molar-refractivity contribution in [1.82, 2.24) is 10.3 Å². The Bertz CT molecular complexity index is 808. The highest BCUT2D eigenvalue weighted by atomic mass is 16.1. The second kappa shape index (κ2) is 7.32. The number of quaternary nitrogens is 1. The van der Waals surface area contributed by atoms with Gasteiger partial charge in [0, 0.05) is 17.1 Å². The summed E-state index contributed by atoms with van der Waals surface area (Å²) in [6, 6.07) is 18.3. The maximum Gasteiger partial charge on any atom is 0.225 e. The molecule has 0 aliphatic heterocycles. The summed E-state index contributed by atoms with van der Waals surface area (Å²) in [6.07, 6.45) is 2.31. The van der Waals surface area contributed by atoms with Crippen molar-refractivity contribution in [3.8, 4) is 0 Å². The van der Waals surface area contributed by atoms with E-state index in [2.05, 4.69) is 36.5 Å². The van der Waals surface area contributed by atoms with E-state index in [1.54, 1.807) is 0 Å². The Labute approximate surface area is 142 Å². The van der Waals surface area contributed by atoms with Gasteiger partial charge >= 0.3 is 0 Å². The Kier molecular flexibility index (Phi) is 4.96. The van der Waals surface area contributed by atoms with Crippen LogP contribution in [0.5, 0.6) is 0 Å². The second-order valence-corrected chi connectivity index (χ2v) is 6.48. The summed E-state index contributed by atoms with van der Waals surface area (Å²) >= 11 is 0. The predicted molar refractivity (Wildman–Crippen MR) is 97.0 cm³/mol. The van der Waals surface area contributed by atoms with Crippen LogP contribution in [0, 0.1) is 0 Å². The minimum atomic E-state index is 0.0221. The van der Waals surface area contributed by atoms with E-state index < -0.39 is 0 Å². The van der Waals surface area contributed by atoms with Crippen molar-refractivity contribution in [1.29, 1.82) is 0 Å². The quantitative estimate of drug-likeness (QED) is 0.636. The molecule has 4 nitrogen and oxygen atoms in total. The first-order valence-electron chi connectivity index (χ1n) is 8.32. The Morgan fingerprint density at radius 1 is 1.08 bits per heavy atom. The van der Waals surface area contributed by atoms with Crippen LogP contribution < -0.4 is 10.2 Å². The number of carbonyl (C=O) groups is 1. The van der Waals surface area contributed by atoms with Crippen LogP contribution in [0.2, 0.25) is 0 Å². The molecule has 0 aliphatic carbocycles. The van der Waals surface area contributed by atoms with Crippen molar-refractivity contribution in [2.45, 2.75) is 12.5 Å². The second-order valence-electron chi connectivity index (χ2n) is 6.48. The fourth-order valence-electron chi connectivity index (χ4n) is 3.04. The first-order valence-corrected chi connectivity index (χ1v) is 8.32. The van der Waals surface area contributed by atoms with Gasteiger partial charge in [-0.3, -0.25) is 4.79 Å². The highest BCUT2D eigenvalue weighted by Crippen LogP contribution is 2.18. The molecule has 4 heteroatoms. The number of hydrogen-bond acceptors (Lipinski definition) is 1. The topological polar surface area (TPSA) is 49.3 Å². The molecular weight excluding hydrogens is 298 g/mol. The van der Waals surface area contributed by atoms with E-state index in [4.69, 9.17) is 0 Å². The van der Waals surface area contributed by atoms with Gasteiger partial charge in [0.15, 0.2) is 0 Å². The number of rotatable bonds is 6. The van der Waals surface area contributed by atoms with E-state index in [-0.39, 0.29) is 11.9 Å². The summed E-state index contributed by atoms with van der Waals surface area (Å²) in [6.45, 7) is 0.851. The van der Waals surface area contributed by atoms with Crippen LogP contribution in [-0.2, 0) is 11.2 Å². The molecule has 0 aliphatic rings. The van der Waals surface area contributed by atoms with E-state index in [0.29, 0.717) is 6.42 Å². The van der Waals surface area contributed by atoms with E-state index in [1.165, 1.54) is 4.90 Å². The third-order valence-electron chi connectivity index (χ3n) is 4.18. The number of aromatic amines is 1. The average Bonchev–Trinajstić information content (AvgIpc) is 2.98. The lowest BCUT2D eigenvalue weighted by atomic mass is 10.1. The minimum Gasteiger partial charge on any atom is -0.361 e. The lowest BCUT2D eigenvalue weighted by Crippen LogP contribution is -3.06. The number of carbonyl (C=O) groups excluding carboxylic acids is 1. The number of benzene rings is 2. The molecule has 2 aromatic carbocycles. The Balaban J connectivity index is 1.73. The third-order valence-corrected chi connectivity index (χ3v) is 4.18. The van der Waals surface area contributed by atoms with Gasteiger partial charge in [-0.2, -0.15) is 0 Å². The molecular formula is C20H24N3O+. The van der Waals surface area contributed by atoms with E-state index in [9.17, 15) is 4.79 Å². The molecule has 0 bridgehead atoms. The highest BCUT2D eigenvalue weighted by Gasteiger charge is 2.18. The van der Waals surface area contributed by atoms with Gasteiger partial charge in [0.2, 0.25) is 5.91 Å². The standard InChI is InChI=1S/C20H23N3O/c1-23(2)14-19(15-8-4-3-5-9-15)22-20(24)12-16-13-21-18-11-7-6-10-17(16)18/h3-11,13,19,21H,12,14H2,1-2H3,(H,22,24)/p+1/t19-/m0/s1. The molecule has 0 spiro atoms. The maximum absolute atomic E-state index is 12.6. The number of fused-ring (bicyclic) bond motifs is 1. The average molecular weight is 322 g/mol.